The maximum Gasteiger partial charge on any atom is 0.237 e. The molecule has 1 atom stereocenters. The summed E-state index contributed by atoms with van der Waals surface area (Å²) in [6, 6.07) is 15.6. The zero-order valence-electron chi connectivity index (χ0n) is 12.3. The number of hydrogen-bond acceptors (Lipinski definition) is 3. The largest absolute Gasteiger partial charge is 0.237 e. The van der Waals surface area contributed by atoms with E-state index in [2.05, 4.69) is 0 Å². The normalized spacial score (nSPS) is 19.4. The molecule has 0 radical (unpaired) electrons. The molecule has 0 bridgehead atoms. The molecule has 0 N–H and O–H groups in total. The molecule has 2 aromatic carbocycles. The molecule has 1 saturated heterocycles. The SMILES string of the molecule is O=S(=O)(/C=C/c1ccccc1)N1CCS[C@H]1c1ccccc1F. The van der Waals surface area contributed by atoms with Crippen molar-refractivity contribution in [3.63, 3.8) is 0 Å². The summed E-state index contributed by atoms with van der Waals surface area (Å²) in [5, 5.41) is 0.684. The average molecular weight is 349 g/mol. The third kappa shape index (κ3) is 3.65. The van der Waals surface area contributed by atoms with E-state index in [1.165, 1.54) is 27.5 Å². The van der Waals surface area contributed by atoms with Crippen molar-refractivity contribution in [2.24, 2.45) is 0 Å². The van der Waals surface area contributed by atoms with Crippen molar-refractivity contribution in [3.05, 3.63) is 76.9 Å². The second kappa shape index (κ2) is 6.86. The molecule has 0 aliphatic carbocycles. The summed E-state index contributed by atoms with van der Waals surface area (Å²) in [6.07, 6.45) is 1.57. The molecule has 2 aromatic rings. The van der Waals surface area contributed by atoms with Gasteiger partial charge in [-0.3, -0.25) is 0 Å². The van der Waals surface area contributed by atoms with Gasteiger partial charge in [0.05, 0.1) is 5.37 Å². The van der Waals surface area contributed by atoms with Crippen LogP contribution in [0.15, 0.2) is 60.0 Å². The standard InChI is InChI=1S/C17H16FNO2S2/c18-16-9-5-4-8-15(16)17-19(11-12-22-17)23(20,21)13-10-14-6-2-1-3-7-14/h1-10,13,17H,11-12H2/b13-10+/t17-/m0/s1. The second-order valence-electron chi connectivity index (χ2n) is 5.11. The smallest absolute Gasteiger partial charge is 0.207 e. The lowest BCUT2D eigenvalue weighted by Crippen LogP contribution is -2.29. The zero-order chi connectivity index (χ0) is 16.3. The molecule has 1 aliphatic rings. The summed E-state index contributed by atoms with van der Waals surface area (Å²) in [6.45, 7) is 0.380. The van der Waals surface area contributed by atoms with Crippen LogP contribution < -0.4 is 0 Å². The fourth-order valence-electron chi connectivity index (χ4n) is 2.44. The lowest BCUT2D eigenvalue weighted by atomic mass is 10.2. The molecule has 1 aliphatic heterocycles. The fourth-order valence-corrected chi connectivity index (χ4v) is 5.48. The monoisotopic (exact) mass is 349 g/mol. The molecule has 0 aromatic heterocycles. The van der Waals surface area contributed by atoms with E-state index in [-0.39, 0.29) is 5.82 Å². The highest BCUT2D eigenvalue weighted by molar-refractivity contribution is 8.01. The first kappa shape index (κ1) is 16.2. The second-order valence-corrected chi connectivity index (χ2v) is 8.07. The number of thioether (sulfide) groups is 1. The quantitative estimate of drug-likeness (QED) is 0.841. The summed E-state index contributed by atoms with van der Waals surface area (Å²) in [7, 11) is -3.61. The molecule has 0 saturated carbocycles. The minimum atomic E-state index is -3.61. The highest BCUT2D eigenvalue weighted by Crippen LogP contribution is 2.41. The van der Waals surface area contributed by atoms with Crippen molar-refractivity contribution in [2.45, 2.75) is 5.37 Å². The van der Waals surface area contributed by atoms with Crippen LogP contribution in [-0.2, 0) is 10.0 Å². The van der Waals surface area contributed by atoms with Gasteiger partial charge in [0.15, 0.2) is 0 Å². The maximum absolute atomic E-state index is 14.0. The number of rotatable bonds is 4. The summed E-state index contributed by atoms with van der Waals surface area (Å²) >= 11 is 1.44. The molecule has 0 spiro atoms. The van der Waals surface area contributed by atoms with Gasteiger partial charge in [0.1, 0.15) is 5.82 Å². The molecule has 0 amide bonds. The van der Waals surface area contributed by atoms with E-state index in [9.17, 15) is 12.8 Å². The van der Waals surface area contributed by atoms with E-state index in [0.717, 1.165) is 5.56 Å². The van der Waals surface area contributed by atoms with Crippen molar-refractivity contribution in [2.75, 3.05) is 12.3 Å². The van der Waals surface area contributed by atoms with Gasteiger partial charge in [-0.2, -0.15) is 4.31 Å². The van der Waals surface area contributed by atoms with E-state index in [4.69, 9.17) is 0 Å². The maximum atomic E-state index is 14.0. The average Bonchev–Trinajstić information content (AvgIpc) is 3.05. The van der Waals surface area contributed by atoms with E-state index in [1.807, 2.05) is 30.3 Å². The molecular weight excluding hydrogens is 333 g/mol. The molecule has 6 heteroatoms. The van der Waals surface area contributed by atoms with Crippen molar-refractivity contribution >= 4 is 27.9 Å². The van der Waals surface area contributed by atoms with E-state index >= 15 is 0 Å². The highest BCUT2D eigenvalue weighted by atomic mass is 32.2. The Bertz CT molecular complexity index is 806. The van der Waals surface area contributed by atoms with Gasteiger partial charge < -0.3 is 0 Å². The van der Waals surface area contributed by atoms with Crippen molar-refractivity contribution in [1.29, 1.82) is 0 Å². The van der Waals surface area contributed by atoms with Crippen LogP contribution in [-0.4, -0.2) is 25.0 Å². The molecule has 0 unspecified atom stereocenters. The van der Waals surface area contributed by atoms with Gasteiger partial charge >= 0.3 is 0 Å². The first-order chi connectivity index (χ1) is 11.1. The summed E-state index contributed by atoms with van der Waals surface area (Å²) in [4.78, 5) is 0. The van der Waals surface area contributed by atoms with Gasteiger partial charge in [-0.25, -0.2) is 12.8 Å². The number of nitrogens with zero attached hydrogens (tertiary/aromatic N) is 1. The van der Waals surface area contributed by atoms with Gasteiger partial charge in [-0.05, 0) is 17.7 Å². The summed E-state index contributed by atoms with van der Waals surface area (Å²) in [5.41, 5.74) is 1.22. The molecule has 3 rings (SSSR count). The Hall–Kier alpha value is -1.63. The predicted octanol–water partition coefficient (Wildman–Crippen LogP) is 3.87. The van der Waals surface area contributed by atoms with E-state index in [0.29, 0.717) is 17.9 Å². The van der Waals surface area contributed by atoms with Crippen LogP contribution >= 0.6 is 11.8 Å². The van der Waals surface area contributed by atoms with Gasteiger partial charge in [-0.1, -0.05) is 48.5 Å². The Balaban J connectivity index is 1.87. The topological polar surface area (TPSA) is 37.4 Å². The first-order valence-electron chi connectivity index (χ1n) is 7.19. The van der Waals surface area contributed by atoms with Crippen LogP contribution in [0.3, 0.4) is 0 Å². The van der Waals surface area contributed by atoms with Crippen LogP contribution in [0, 0.1) is 5.82 Å². The minimum absolute atomic E-state index is 0.376. The van der Waals surface area contributed by atoms with Crippen molar-refractivity contribution in [3.8, 4) is 0 Å². The third-order valence-corrected chi connectivity index (χ3v) is 6.48. The van der Waals surface area contributed by atoms with Crippen LogP contribution in [0.4, 0.5) is 4.39 Å². The lowest BCUT2D eigenvalue weighted by Gasteiger charge is -2.22. The fraction of sp³-hybridized carbons (Fsp3) is 0.176. The number of benzene rings is 2. The van der Waals surface area contributed by atoms with E-state index < -0.39 is 15.4 Å². The van der Waals surface area contributed by atoms with Crippen LogP contribution in [0.1, 0.15) is 16.5 Å². The Morgan fingerprint density at radius 2 is 1.78 bits per heavy atom. The predicted molar refractivity (Wildman–Crippen MR) is 92.7 cm³/mol. The molecule has 120 valence electrons. The minimum Gasteiger partial charge on any atom is -0.207 e. The number of sulfonamides is 1. The highest BCUT2D eigenvalue weighted by Gasteiger charge is 2.35. The van der Waals surface area contributed by atoms with Crippen LogP contribution in [0.2, 0.25) is 0 Å². The first-order valence-corrected chi connectivity index (χ1v) is 9.74. The van der Waals surface area contributed by atoms with Gasteiger partial charge in [0.2, 0.25) is 10.0 Å². The van der Waals surface area contributed by atoms with Crippen molar-refractivity contribution in [1.82, 2.24) is 4.31 Å². The molecule has 23 heavy (non-hydrogen) atoms. The Morgan fingerprint density at radius 3 is 2.52 bits per heavy atom. The Morgan fingerprint density at radius 1 is 1.09 bits per heavy atom. The van der Waals surface area contributed by atoms with Crippen LogP contribution in [0.5, 0.6) is 0 Å². The molecule has 1 fully saturated rings. The molecule has 1 heterocycles. The van der Waals surface area contributed by atoms with Crippen LogP contribution in [0.25, 0.3) is 6.08 Å². The summed E-state index contributed by atoms with van der Waals surface area (Å²) < 4.78 is 40.6. The van der Waals surface area contributed by atoms with Gasteiger partial charge in [0, 0.05) is 23.3 Å². The number of hydrogen-bond donors (Lipinski definition) is 0. The Kier molecular flexibility index (Phi) is 4.84. The Labute approximate surface area is 139 Å². The molecule has 3 nitrogen and oxygen atoms in total. The van der Waals surface area contributed by atoms with Gasteiger partial charge in [0.25, 0.3) is 0 Å². The lowest BCUT2D eigenvalue weighted by molar-refractivity contribution is 0.432. The van der Waals surface area contributed by atoms with Crippen molar-refractivity contribution < 1.29 is 12.8 Å². The number of halogens is 1. The third-order valence-electron chi connectivity index (χ3n) is 3.58. The molecular formula is C17H16FNO2S2. The zero-order valence-corrected chi connectivity index (χ0v) is 13.9. The van der Waals surface area contributed by atoms with Gasteiger partial charge in [-0.15, -0.1) is 11.8 Å². The van der Waals surface area contributed by atoms with E-state index in [1.54, 1.807) is 24.3 Å². The summed E-state index contributed by atoms with van der Waals surface area (Å²) in [5.74, 6) is 0.274.